The fourth-order valence-electron chi connectivity index (χ4n) is 3.19. The fourth-order valence-corrected chi connectivity index (χ4v) is 4.19. The summed E-state index contributed by atoms with van der Waals surface area (Å²) in [5.41, 5.74) is 3.39. The largest absolute Gasteiger partial charge is 0.322 e. The van der Waals surface area contributed by atoms with Crippen molar-refractivity contribution in [2.24, 2.45) is 0 Å². The number of anilines is 2. The van der Waals surface area contributed by atoms with Crippen LogP contribution in [0.5, 0.6) is 0 Å². The van der Waals surface area contributed by atoms with Crippen LogP contribution in [0.4, 0.5) is 16.2 Å². The third kappa shape index (κ3) is 3.82. The van der Waals surface area contributed by atoms with Gasteiger partial charge in [0.1, 0.15) is 11.0 Å². The smallest absolute Gasteiger partial charge is 0.317 e. The monoisotopic (exact) mass is 411 g/mol. The third-order valence-corrected chi connectivity index (χ3v) is 5.58. The zero-order valence-electron chi connectivity index (χ0n) is 14.4. The zero-order valence-corrected chi connectivity index (χ0v) is 16.7. The number of amides is 2. The number of carbonyl (C=O) groups excluding carboxylic acids is 1. The highest BCUT2D eigenvalue weighted by molar-refractivity contribution is 7.85. The van der Waals surface area contributed by atoms with Crippen molar-refractivity contribution < 1.29 is 9.00 Å². The quantitative estimate of drug-likeness (QED) is 0.757. The Balaban J connectivity index is 1.84. The van der Waals surface area contributed by atoms with E-state index in [0.717, 1.165) is 16.8 Å². The van der Waals surface area contributed by atoms with Gasteiger partial charge in [-0.15, -0.1) is 0 Å². The predicted octanol–water partition coefficient (Wildman–Crippen LogP) is 4.85. The van der Waals surface area contributed by atoms with E-state index in [-0.39, 0.29) is 12.1 Å². The van der Waals surface area contributed by atoms with E-state index in [2.05, 4.69) is 10.0 Å². The highest BCUT2D eigenvalue weighted by Gasteiger charge is 2.29. The minimum Gasteiger partial charge on any atom is -0.317 e. The van der Waals surface area contributed by atoms with Crippen LogP contribution in [0, 0.1) is 0 Å². The highest BCUT2D eigenvalue weighted by atomic mass is 35.5. The van der Waals surface area contributed by atoms with Crippen LogP contribution >= 0.6 is 23.2 Å². The number of carbonyl (C=O) groups is 1. The molecule has 3 rings (SSSR count). The molecule has 0 aromatic heterocycles. The van der Waals surface area contributed by atoms with Crippen LogP contribution in [0.3, 0.4) is 0 Å². The van der Waals surface area contributed by atoms with Crippen molar-refractivity contribution >= 4 is 51.6 Å². The van der Waals surface area contributed by atoms with Crippen LogP contribution in [0.1, 0.15) is 24.1 Å². The first kappa shape index (κ1) is 19.0. The Hall–Kier alpha value is -1.76. The molecule has 26 heavy (non-hydrogen) atoms. The molecule has 0 saturated heterocycles. The van der Waals surface area contributed by atoms with Crippen LogP contribution in [-0.2, 0) is 17.4 Å². The molecule has 2 atom stereocenters. The second kappa shape index (κ2) is 7.86. The lowest BCUT2D eigenvalue weighted by atomic mass is 9.92. The van der Waals surface area contributed by atoms with E-state index in [1.54, 1.807) is 29.4 Å². The lowest BCUT2D eigenvalue weighted by molar-refractivity contribution is 0.188. The number of hydrogen-bond donors (Lipinski definition) is 2. The molecule has 1 aliphatic heterocycles. The lowest BCUT2D eigenvalue weighted by Gasteiger charge is -2.36. The number of rotatable bonds is 3. The van der Waals surface area contributed by atoms with Crippen molar-refractivity contribution in [1.82, 2.24) is 4.90 Å². The average molecular weight is 412 g/mol. The van der Waals surface area contributed by atoms with Crippen molar-refractivity contribution in [3.8, 4) is 0 Å². The van der Waals surface area contributed by atoms with Crippen molar-refractivity contribution in [2.75, 3.05) is 22.8 Å². The predicted molar refractivity (Wildman–Crippen MR) is 108 cm³/mol. The van der Waals surface area contributed by atoms with Gasteiger partial charge in [-0.3, -0.25) is 0 Å². The molecule has 0 fully saturated rings. The van der Waals surface area contributed by atoms with Crippen LogP contribution in [0.2, 0.25) is 10.0 Å². The maximum atomic E-state index is 12.8. The minimum absolute atomic E-state index is 0.132. The van der Waals surface area contributed by atoms with Gasteiger partial charge in [0.2, 0.25) is 0 Å². The summed E-state index contributed by atoms with van der Waals surface area (Å²) in [7, 11) is -1.15. The molecule has 5 nitrogen and oxygen atoms in total. The van der Waals surface area contributed by atoms with E-state index in [4.69, 9.17) is 23.2 Å². The van der Waals surface area contributed by atoms with E-state index < -0.39 is 11.0 Å². The first-order chi connectivity index (χ1) is 12.4. The topological polar surface area (TPSA) is 61.4 Å². The molecule has 1 aliphatic rings. The van der Waals surface area contributed by atoms with Crippen molar-refractivity contribution in [1.29, 1.82) is 0 Å². The van der Waals surface area contributed by atoms with Crippen LogP contribution < -0.4 is 10.0 Å². The molecule has 2 aromatic carbocycles. The standard InChI is InChI=1S/C18H19Cl2N3O2S/c1-11-12-5-3-8-16(22-26(2)25)13(12)9-10-23(11)18(24)21-17-14(19)6-4-7-15(17)20/h3-8,11,22H,9-10H2,1-2H3,(H,21,24). The van der Waals surface area contributed by atoms with Gasteiger partial charge >= 0.3 is 6.03 Å². The van der Waals surface area contributed by atoms with Crippen LogP contribution in [0.15, 0.2) is 36.4 Å². The summed E-state index contributed by atoms with van der Waals surface area (Å²) < 4.78 is 14.5. The summed E-state index contributed by atoms with van der Waals surface area (Å²) >= 11 is 12.3. The Morgan fingerprint density at radius 1 is 1.19 bits per heavy atom. The van der Waals surface area contributed by atoms with E-state index in [1.165, 1.54) is 0 Å². The molecule has 0 spiro atoms. The van der Waals surface area contributed by atoms with E-state index >= 15 is 0 Å². The molecule has 0 saturated carbocycles. The minimum atomic E-state index is -1.15. The van der Waals surface area contributed by atoms with Gasteiger partial charge in [-0.2, -0.15) is 0 Å². The summed E-state index contributed by atoms with van der Waals surface area (Å²) in [5.74, 6) is 0. The molecule has 2 aromatic rings. The number of urea groups is 1. The molecule has 0 bridgehead atoms. The van der Waals surface area contributed by atoms with Crippen molar-refractivity contribution in [2.45, 2.75) is 19.4 Å². The van der Waals surface area contributed by atoms with Crippen molar-refractivity contribution in [3.05, 3.63) is 57.6 Å². The Kier molecular flexibility index (Phi) is 5.75. The van der Waals surface area contributed by atoms with Crippen molar-refractivity contribution in [3.63, 3.8) is 0 Å². The third-order valence-electron chi connectivity index (χ3n) is 4.44. The van der Waals surface area contributed by atoms with E-state index in [9.17, 15) is 9.00 Å². The van der Waals surface area contributed by atoms with Gasteiger partial charge in [0.25, 0.3) is 0 Å². The number of hydrogen-bond acceptors (Lipinski definition) is 2. The summed E-state index contributed by atoms with van der Waals surface area (Å²) in [6, 6.07) is 10.5. The molecule has 2 amide bonds. The summed E-state index contributed by atoms with van der Waals surface area (Å²) in [6.45, 7) is 2.51. The molecule has 138 valence electrons. The molecule has 2 unspecified atom stereocenters. The highest BCUT2D eigenvalue weighted by Crippen LogP contribution is 2.35. The van der Waals surface area contributed by atoms with E-state index in [0.29, 0.717) is 28.7 Å². The number of fused-ring (bicyclic) bond motifs is 1. The number of para-hydroxylation sites is 1. The summed E-state index contributed by atoms with van der Waals surface area (Å²) in [6.07, 6.45) is 2.27. The average Bonchev–Trinajstić information content (AvgIpc) is 2.58. The Bertz CT molecular complexity index is 855. The van der Waals surface area contributed by atoms with Crippen LogP contribution in [0.25, 0.3) is 0 Å². The maximum absolute atomic E-state index is 12.8. The molecular weight excluding hydrogens is 393 g/mol. The van der Waals surface area contributed by atoms with Gasteiger partial charge in [0.05, 0.1) is 21.8 Å². The van der Waals surface area contributed by atoms with Gasteiger partial charge < -0.3 is 14.9 Å². The molecule has 2 N–H and O–H groups in total. The van der Waals surface area contributed by atoms with Gasteiger partial charge in [-0.05, 0) is 42.7 Å². The SMILES string of the molecule is CC1c2cccc(NS(C)=O)c2CCN1C(=O)Nc1c(Cl)cccc1Cl. The van der Waals surface area contributed by atoms with Gasteiger partial charge in [-0.1, -0.05) is 41.4 Å². The summed E-state index contributed by atoms with van der Waals surface area (Å²) in [5, 5.41) is 3.61. The first-order valence-electron chi connectivity index (χ1n) is 8.12. The van der Waals surface area contributed by atoms with Gasteiger partial charge in [0, 0.05) is 18.5 Å². The second-order valence-corrected chi connectivity index (χ2v) is 8.00. The maximum Gasteiger partial charge on any atom is 0.322 e. The lowest BCUT2D eigenvalue weighted by Crippen LogP contribution is -2.41. The Labute approximate surface area is 165 Å². The Morgan fingerprint density at radius 2 is 1.85 bits per heavy atom. The molecular formula is C18H19Cl2N3O2S. The van der Waals surface area contributed by atoms with Gasteiger partial charge in [-0.25, -0.2) is 9.00 Å². The van der Waals surface area contributed by atoms with Gasteiger partial charge in [0.15, 0.2) is 0 Å². The summed E-state index contributed by atoms with van der Waals surface area (Å²) in [4.78, 5) is 14.5. The number of nitrogens with zero attached hydrogens (tertiary/aromatic N) is 1. The zero-order chi connectivity index (χ0) is 18.8. The fraction of sp³-hybridized carbons (Fsp3) is 0.278. The van der Waals surface area contributed by atoms with Crippen LogP contribution in [-0.4, -0.2) is 27.9 Å². The van der Waals surface area contributed by atoms with E-state index in [1.807, 2.05) is 25.1 Å². The molecule has 0 aliphatic carbocycles. The first-order valence-corrected chi connectivity index (χ1v) is 10.4. The molecule has 8 heteroatoms. The molecule has 1 heterocycles. The second-order valence-electron chi connectivity index (χ2n) is 6.08. The normalized spacial score (nSPS) is 17.4. The molecule has 0 radical (unpaired) electrons. The Morgan fingerprint density at radius 3 is 2.50 bits per heavy atom. The number of nitrogens with one attached hydrogen (secondary N) is 2. The number of benzene rings is 2. The number of halogens is 2.